The fourth-order valence-electron chi connectivity index (χ4n) is 2.36. The van der Waals surface area contributed by atoms with E-state index < -0.39 is 0 Å². The van der Waals surface area contributed by atoms with E-state index in [1.807, 2.05) is 0 Å². The van der Waals surface area contributed by atoms with Crippen molar-refractivity contribution in [3.8, 4) is 0 Å². The fraction of sp³-hybridized carbons (Fsp3) is 1.00. The van der Waals surface area contributed by atoms with Gasteiger partial charge in [-0.25, -0.2) is 0 Å². The molecule has 1 aliphatic rings. The summed E-state index contributed by atoms with van der Waals surface area (Å²) in [6.07, 6.45) is 2.64. The number of likely N-dealkylation sites (tertiary alicyclic amines) is 1. The minimum Gasteiger partial charge on any atom is -0.330 e. The van der Waals surface area contributed by atoms with Gasteiger partial charge in [-0.3, -0.25) is 4.90 Å². The van der Waals surface area contributed by atoms with Crippen LogP contribution >= 0.6 is 0 Å². The Kier molecular flexibility index (Phi) is 4.39. The van der Waals surface area contributed by atoms with Crippen LogP contribution in [0.25, 0.3) is 0 Å². The molecule has 1 aliphatic heterocycles. The topological polar surface area (TPSA) is 29.3 Å². The summed E-state index contributed by atoms with van der Waals surface area (Å²) < 4.78 is 0. The molecule has 0 aromatic carbocycles. The van der Waals surface area contributed by atoms with Crippen LogP contribution in [-0.4, -0.2) is 30.1 Å². The summed E-state index contributed by atoms with van der Waals surface area (Å²) in [6, 6.07) is 1.44. The molecular formula is C12H26N2. The van der Waals surface area contributed by atoms with Gasteiger partial charge >= 0.3 is 0 Å². The number of piperidine rings is 1. The molecule has 0 aromatic heterocycles. The van der Waals surface area contributed by atoms with Crippen LogP contribution in [-0.2, 0) is 0 Å². The number of hydrogen-bond donors (Lipinski definition) is 1. The van der Waals surface area contributed by atoms with Crippen molar-refractivity contribution in [1.29, 1.82) is 0 Å². The van der Waals surface area contributed by atoms with E-state index in [1.54, 1.807) is 0 Å². The van der Waals surface area contributed by atoms with E-state index in [0.717, 1.165) is 24.4 Å². The third kappa shape index (κ3) is 2.71. The summed E-state index contributed by atoms with van der Waals surface area (Å²) in [6.45, 7) is 11.4. The van der Waals surface area contributed by atoms with E-state index in [9.17, 15) is 0 Å². The molecule has 84 valence electrons. The normalized spacial score (nSPS) is 32.1. The minimum absolute atomic E-state index is 0.694. The average molecular weight is 198 g/mol. The summed E-state index contributed by atoms with van der Waals surface area (Å²) in [5.41, 5.74) is 5.76. The van der Waals surface area contributed by atoms with Gasteiger partial charge in [0.1, 0.15) is 0 Å². The number of nitrogens with zero attached hydrogens (tertiary/aromatic N) is 1. The Bertz CT molecular complexity index is 168. The molecular weight excluding hydrogens is 172 g/mol. The molecule has 0 bridgehead atoms. The molecule has 3 unspecified atom stereocenters. The highest BCUT2D eigenvalue weighted by Crippen LogP contribution is 2.25. The van der Waals surface area contributed by atoms with E-state index in [-0.39, 0.29) is 0 Å². The van der Waals surface area contributed by atoms with Crippen LogP contribution in [0.3, 0.4) is 0 Å². The largest absolute Gasteiger partial charge is 0.330 e. The average Bonchev–Trinajstić information content (AvgIpc) is 2.17. The second-order valence-corrected chi connectivity index (χ2v) is 5.21. The molecule has 0 spiro atoms. The van der Waals surface area contributed by atoms with Crippen LogP contribution in [0.1, 0.15) is 40.5 Å². The molecule has 1 rings (SSSR count). The lowest BCUT2D eigenvalue weighted by atomic mass is 9.90. The number of rotatable bonds is 3. The van der Waals surface area contributed by atoms with E-state index in [0.29, 0.717) is 6.04 Å². The Hall–Kier alpha value is -0.0800. The Morgan fingerprint density at radius 1 is 1.29 bits per heavy atom. The van der Waals surface area contributed by atoms with Crippen LogP contribution in [0.4, 0.5) is 0 Å². The van der Waals surface area contributed by atoms with Crippen molar-refractivity contribution in [2.45, 2.75) is 52.6 Å². The van der Waals surface area contributed by atoms with Gasteiger partial charge in [0.25, 0.3) is 0 Å². The van der Waals surface area contributed by atoms with E-state index in [2.05, 4.69) is 32.6 Å². The van der Waals surface area contributed by atoms with Crippen LogP contribution < -0.4 is 5.73 Å². The van der Waals surface area contributed by atoms with Crippen molar-refractivity contribution in [3.63, 3.8) is 0 Å². The molecule has 1 heterocycles. The molecule has 0 aromatic rings. The first-order chi connectivity index (χ1) is 6.56. The van der Waals surface area contributed by atoms with E-state index in [4.69, 9.17) is 5.73 Å². The molecule has 3 atom stereocenters. The highest BCUT2D eigenvalue weighted by molar-refractivity contribution is 4.83. The lowest BCUT2D eigenvalue weighted by Gasteiger charge is -2.43. The SMILES string of the molecule is CC(C)C(C)N1CC(CN)CCC1C. The van der Waals surface area contributed by atoms with E-state index >= 15 is 0 Å². The van der Waals surface area contributed by atoms with E-state index in [1.165, 1.54) is 19.4 Å². The third-order valence-electron chi connectivity index (χ3n) is 3.85. The molecule has 0 saturated carbocycles. The zero-order chi connectivity index (χ0) is 10.7. The van der Waals surface area contributed by atoms with Crippen molar-refractivity contribution >= 4 is 0 Å². The van der Waals surface area contributed by atoms with Gasteiger partial charge in [-0.1, -0.05) is 13.8 Å². The van der Waals surface area contributed by atoms with Gasteiger partial charge < -0.3 is 5.73 Å². The van der Waals surface area contributed by atoms with Gasteiger partial charge in [-0.2, -0.15) is 0 Å². The van der Waals surface area contributed by atoms with Gasteiger partial charge in [-0.05, 0) is 45.1 Å². The van der Waals surface area contributed by atoms with Crippen molar-refractivity contribution in [2.75, 3.05) is 13.1 Å². The molecule has 1 saturated heterocycles. The minimum atomic E-state index is 0.694. The molecule has 0 aliphatic carbocycles. The highest BCUT2D eigenvalue weighted by atomic mass is 15.2. The third-order valence-corrected chi connectivity index (χ3v) is 3.85. The second-order valence-electron chi connectivity index (χ2n) is 5.21. The van der Waals surface area contributed by atoms with Crippen molar-refractivity contribution in [3.05, 3.63) is 0 Å². The molecule has 2 nitrogen and oxygen atoms in total. The van der Waals surface area contributed by atoms with Crippen LogP contribution in [0.2, 0.25) is 0 Å². The molecule has 2 heteroatoms. The Morgan fingerprint density at radius 2 is 1.93 bits per heavy atom. The molecule has 2 N–H and O–H groups in total. The first-order valence-corrected chi connectivity index (χ1v) is 6.02. The first kappa shape index (κ1) is 12.0. The van der Waals surface area contributed by atoms with Gasteiger partial charge in [0.2, 0.25) is 0 Å². The maximum Gasteiger partial charge on any atom is 0.00928 e. The van der Waals surface area contributed by atoms with Gasteiger partial charge in [-0.15, -0.1) is 0 Å². The second kappa shape index (κ2) is 5.13. The monoisotopic (exact) mass is 198 g/mol. The quantitative estimate of drug-likeness (QED) is 0.752. The molecule has 1 fully saturated rings. The zero-order valence-corrected chi connectivity index (χ0v) is 10.2. The Labute approximate surface area is 88.8 Å². The number of nitrogens with two attached hydrogens (primary N) is 1. The molecule has 14 heavy (non-hydrogen) atoms. The summed E-state index contributed by atoms with van der Waals surface area (Å²) >= 11 is 0. The Balaban J connectivity index is 2.55. The van der Waals surface area contributed by atoms with Crippen LogP contribution in [0.5, 0.6) is 0 Å². The maximum atomic E-state index is 5.76. The van der Waals surface area contributed by atoms with Gasteiger partial charge in [0, 0.05) is 18.6 Å². The fourth-order valence-corrected chi connectivity index (χ4v) is 2.36. The Morgan fingerprint density at radius 3 is 2.43 bits per heavy atom. The van der Waals surface area contributed by atoms with Gasteiger partial charge in [0.05, 0.1) is 0 Å². The number of hydrogen-bond acceptors (Lipinski definition) is 2. The van der Waals surface area contributed by atoms with Crippen LogP contribution in [0.15, 0.2) is 0 Å². The first-order valence-electron chi connectivity index (χ1n) is 6.02. The summed E-state index contributed by atoms with van der Waals surface area (Å²) in [4.78, 5) is 2.64. The lowest BCUT2D eigenvalue weighted by molar-refractivity contribution is 0.0608. The molecule has 0 amide bonds. The van der Waals surface area contributed by atoms with Gasteiger partial charge in [0.15, 0.2) is 0 Å². The summed E-state index contributed by atoms with van der Waals surface area (Å²) in [5, 5.41) is 0. The predicted molar refractivity (Wildman–Crippen MR) is 62.2 cm³/mol. The van der Waals surface area contributed by atoms with Crippen molar-refractivity contribution < 1.29 is 0 Å². The maximum absolute atomic E-state index is 5.76. The highest BCUT2D eigenvalue weighted by Gasteiger charge is 2.28. The van der Waals surface area contributed by atoms with Crippen LogP contribution in [0, 0.1) is 11.8 Å². The summed E-state index contributed by atoms with van der Waals surface area (Å²) in [5.74, 6) is 1.47. The van der Waals surface area contributed by atoms with Crippen molar-refractivity contribution in [1.82, 2.24) is 4.90 Å². The smallest absolute Gasteiger partial charge is 0.00928 e. The predicted octanol–water partition coefficient (Wildman–Crippen LogP) is 2.09. The standard InChI is InChI=1S/C12H26N2/c1-9(2)11(4)14-8-12(7-13)6-5-10(14)3/h9-12H,5-8,13H2,1-4H3. The molecule has 0 radical (unpaired) electrons. The zero-order valence-electron chi connectivity index (χ0n) is 10.2. The van der Waals surface area contributed by atoms with Crippen molar-refractivity contribution in [2.24, 2.45) is 17.6 Å². The lowest BCUT2D eigenvalue weighted by Crippen LogP contribution is -2.49. The summed E-state index contributed by atoms with van der Waals surface area (Å²) in [7, 11) is 0.